The molecule has 0 atom stereocenters. The Bertz CT molecular complexity index is 3760. The van der Waals surface area contributed by atoms with E-state index in [-0.39, 0.29) is 0 Å². The van der Waals surface area contributed by atoms with Crippen molar-refractivity contribution < 1.29 is 0 Å². The minimum atomic E-state index is -0.771. The zero-order valence-corrected chi connectivity index (χ0v) is 43.6. The molecule has 2 aliphatic rings. The molecule has 12 aromatic rings. The standard InChI is InChI=1S/C77H54N2/c1-9-25-57(26-10-1)71(58-27-11-2-12-28-58)49-55-41-45-67-69-47-43-65(78(61-33-17-5-18-34-61)62-35-19-6-20-36-62)53-75(69)77(73(67)51-55)74-52-56(50-72(59-29-13-3-14-30-59)60-31-15-4-16-32-60)42-46-68(74)70-48-44-66(54-76(70)77)79(63-37-21-7-22-38-63)64-39-23-8-24-40-64/h1-54H. The normalized spacial score (nSPS) is 12.2. The Kier molecular flexibility index (Phi) is 12.2. The molecule has 0 aromatic heterocycles. The molecule has 0 saturated carbocycles. The van der Waals surface area contributed by atoms with E-state index in [1.807, 2.05) is 0 Å². The van der Waals surface area contributed by atoms with Crippen LogP contribution < -0.4 is 9.80 Å². The number of para-hydroxylation sites is 4. The SMILES string of the molecule is C(=C(c1ccccc1)c1ccccc1)c1ccc2c(c1)C1(c3cc(C=C(c4ccccc4)c4ccccc4)ccc3-c3ccc(N(c4ccccc4)c4ccccc4)cc31)c1cc(N(c3ccccc3)c3ccccc3)ccc1-2. The Morgan fingerprint density at radius 1 is 0.228 bits per heavy atom. The van der Waals surface area contributed by atoms with Gasteiger partial charge in [0.15, 0.2) is 0 Å². The first kappa shape index (κ1) is 47.2. The molecule has 372 valence electrons. The molecule has 0 N–H and O–H groups in total. The van der Waals surface area contributed by atoms with Crippen LogP contribution in [0.2, 0.25) is 0 Å². The van der Waals surface area contributed by atoms with Crippen LogP contribution in [0.15, 0.2) is 315 Å². The molecular weight excluding hydrogens is 953 g/mol. The summed E-state index contributed by atoms with van der Waals surface area (Å²) in [5.41, 5.74) is 25.0. The van der Waals surface area contributed by atoms with Crippen LogP contribution in [0.5, 0.6) is 0 Å². The number of nitrogens with zero attached hydrogens (tertiary/aromatic N) is 2. The molecule has 2 nitrogen and oxygen atoms in total. The van der Waals surface area contributed by atoms with Crippen molar-refractivity contribution in [1.29, 1.82) is 0 Å². The summed E-state index contributed by atoms with van der Waals surface area (Å²) in [5.74, 6) is 0. The van der Waals surface area contributed by atoms with Gasteiger partial charge in [-0.25, -0.2) is 0 Å². The van der Waals surface area contributed by atoms with Crippen molar-refractivity contribution in [2.45, 2.75) is 5.41 Å². The van der Waals surface area contributed by atoms with Crippen LogP contribution in [-0.4, -0.2) is 0 Å². The van der Waals surface area contributed by atoms with Crippen molar-refractivity contribution in [3.63, 3.8) is 0 Å². The second kappa shape index (κ2) is 20.3. The first-order chi connectivity index (χ1) is 39.2. The van der Waals surface area contributed by atoms with Gasteiger partial charge in [-0.15, -0.1) is 0 Å². The maximum absolute atomic E-state index is 2.51. The highest BCUT2D eigenvalue weighted by molar-refractivity contribution is 6.00. The van der Waals surface area contributed by atoms with E-state index in [4.69, 9.17) is 0 Å². The van der Waals surface area contributed by atoms with Crippen LogP contribution >= 0.6 is 0 Å². The van der Waals surface area contributed by atoms with E-state index in [2.05, 4.69) is 337 Å². The minimum absolute atomic E-state index is 0.771. The van der Waals surface area contributed by atoms with Gasteiger partial charge in [0.2, 0.25) is 0 Å². The molecule has 2 aliphatic carbocycles. The zero-order valence-electron chi connectivity index (χ0n) is 43.6. The van der Waals surface area contributed by atoms with Gasteiger partial charge >= 0.3 is 0 Å². The van der Waals surface area contributed by atoms with Gasteiger partial charge in [0.05, 0.1) is 5.41 Å². The van der Waals surface area contributed by atoms with Crippen LogP contribution in [-0.2, 0) is 5.41 Å². The highest BCUT2D eigenvalue weighted by Crippen LogP contribution is 2.64. The third kappa shape index (κ3) is 8.48. The molecule has 79 heavy (non-hydrogen) atoms. The minimum Gasteiger partial charge on any atom is -0.310 e. The topological polar surface area (TPSA) is 6.48 Å². The maximum atomic E-state index is 2.51. The number of rotatable bonds is 12. The monoisotopic (exact) mass is 1010 g/mol. The summed E-state index contributed by atoms with van der Waals surface area (Å²) in [6, 6.07) is 115. The fourth-order valence-corrected chi connectivity index (χ4v) is 12.4. The number of hydrogen-bond donors (Lipinski definition) is 0. The number of hydrogen-bond acceptors (Lipinski definition) is 2. The van der Waals surface area contributed by atoms with Gasteiger partial charge in [-0.3, -0.25) is 0 Å². The van der Waals surface area contributed by atoms with Gasteiger partial charge in [0, 0.05) is 34.1 Å². The third-order valence-corrected chi connectivity index (χ3v) is 15.8. The van der Waals surface area contributed by atoms with Crippen molar-refractivity contribution in [2.75, 3.05) is 9.80 Å². The van der Waals surface area contributed by atoms with Gasteiger partial charge in [-0.1, -0.05) is 231 Å². The Hall–Kier alpha value is -10.3. The Labute approximate surface area is 463 Å². The van der Waals surface area contributed by atoms with Crippen molar-refractivity contribution in [3.05, 3.63) is 371 Å². The average molecular weight is 1010 g/mol. The molecule has 12 aromatic carbocycles. The van der Waals surface area contributed by atoms with Crippen molar-refractivity contribution in [3.8, 4) is 22.3 Å². The molecule has 1 spiro atoms. The van der Waals surface area contributed by atoms with Gasteiger partial charge in [0.1, 0.15) is 0 Å². The molecule has 0 amide bonds. The molecule has 0 aliphatic heterocycles. The molecular formula is C77H54N2. The summed E-state index contributed by atoms with van der Waals surface area (Å²) in [6.07, 6.45) is 4.79. The van der Waals surface area contributed by atoms with Crippen molar-refractivity contribution in [2.24, 2.45) is 0 Å². The van der Waals surface area contributed by atoms with E-state index in [0.29, 0.717) is 0 Å². The van der Waals surface area contributed by atoms with E-state index >= 15 is 0 Å². The lowest BCUT2D eigenvalue weighted by atomic mass is 9.69. The fraction of sp³-hybridized carbons (Fsp3) is 0.0130. The van der Waals surface area contributed by atoms with Gasteiger partial charge in [0.25, 0.3) is 0 Å². The lowest BCUT2D eigenvalue weighted by Crippen LogP contribution is -2.27. The van der Waals surface area contributed by atoms with Crippen LogP contribution in [0.4, 0.5) is 34.1 Å². The zero-order chi connectivity index (χ0) is 52.5. The predicted molar refractivity (Wildman–Crippen MR) is 332 cm³/mol. The Morgan fingerprint density at radius 2 is 0.468 bits per heavy atom. The smallest absolute Gasteiger partial charge is 0.0727 e. The summed E-state index contributed by atoms with van der Waals surface area (Å²) in [4.78, 5) is 4.81. The second-order valence-corrected chi connectivity index (χ2v) is 20.4. The van der Waals surface area contributed by atoms with Crippen LogP contribution in [0.1, 0.15) is 55.6 Å². The van der Waals surface area contributed by atoms with Crippen LogP contribution in [0.3, 0.4) is 0 Å². The van der Waals surface area contributed by atoms with Crippen LogP contribution in [0.25, 0.3) is 45.6 Å². The largest absolute Gasteiger partial charge is 0.310 e. The third-order valence-electron chi connectivity index (χ3n) is 15.8. The first-order valence-electron chi connectivity index (χ1n) is 27.2. The van der Waals surface area contributed by atoms with Gasteiger partial charge in [-0.2, -0.15) is 0 Å². The van der Waals surface area contributed by atoms with Gasteiger partial charge < -0.3 is 9.80 Å². The van der Waals surface area contributed by atoms with E-state index in [0.717, 1.165) is 45.3 Å². The molecule has 0 bridgehead atoms. The Balaban J connectivity index is 1.08. The summed E-state index contributed by atoms with van der Waals surface area (Å²) in [7, 11) is 0. The first-order valence-corrected chi connectivity index (χ1v) is 27.2. The lowest BCUT2D eigenvalue weighted by molar-refractivity contribution is 0.793. The molecule has 0 heterocycles. The maximum Gasteiger partial charge on any atom is 0.0727 e. The lowest BCUT2D eigenvalue weighted by Gasteiger charge is -2.33. The molecule has 14 rings (SSSR count). The van der Waals surface area contributed by atoms with Crippen LogP contribution in [0, 0.1) is 0 Å². The number of anilines is 6. The Morgan fingerprint density at radius 3 is 0.747 bits per heavy atom. The second-order valence-electron chi connectivity index (χ2n) is 20.4. The molecule has 0 unspecified atom stereocenters. The predicted octanol–water partition coefficient (Wildman–Crippen LogP) is 20.1. The summed E-state index contributed by atoms with van der Waals surface area (Å²) >= 11 is 0. The summed E-state index contributed by atoms with van der Waals surface area (Å²) in [6.45, 7) is 0. The molecule has 0 fully saturated rings. The number of benzene rings is 12. The van der Waals surface area contributed by atoms with E-state index in [9.17, 15) is 0 Å². The molecule has 0 saturated heterocycles. The highest BCUT2D eigenvalue weighted by atomic mass is 15.1. The fourth-order valence-electron chi connectivity index (χ4n) is 12.4. The van der Waals surface area contributed by atoms with E-state index in [1.54, 1.807) is 0 Å². The van der Waals surface area contributed by atoms with E-state index < -0.39 is 5.41 Å². The van der Waals surface area contributed by atoms with Gasteiger partial charge in [-0.05, 0) is 186 Å². The highest BCUT2D eigenvalue weighted by Gasteiger charge is 2.52. The van der Waals surface area contributed by atoms with Crippen molar-refractivity contribution in [1.82, 2.24) is 0 Å². The molecule has 2 heteroatoms. The number of fused-ring (bicyclic) bond motifs is 10. The van der Waals surface area contributed by atoms with Crippen molar-refractivity contribution >= 4 is 57.4 Å². The summed E-state index contributed by atoms with van der Waals surface area (Å²) < 4.78 is 0. The molecule has 0 radical (unpaired) electrons. The average Bonchev–Trinajstić information content (AvgIpc) is 4.17. The summed E-state index contributed by atoms with van der Waals surface area (Å²) in [5, 5.41) is 0. The quantitative estimate of drug-likeness (QED) is 0.113. The van der Waals surface area contributed by atoms with E-state index in [1.165, 1.54) is 77.9 Å².